The van der Waals surface area contributed by atoms with E-state index in [-0.39, 0.29) is 5.97 Å². The van der Waals surface area contributed by atoms with Crippen molar-refractivity contribution < 1.29 is 9.53 Å². The molecule has 0 aromatic heterocycles. The van der Waals surface area contributed by atoms with Gasteiger partial charge in [0, 0.05) is 18.7 Å². The van der Waals surface area contributed by atoms with Crippen molar-refractivity contribution in [2.75, 3.05) is 19.7 Å². The summed E-state index contributed by atoms with van der Waals surface area (Å²) < 4.78 is 5.06. The van der Waals surface area contributed by atoms with Gasteiger partial charge in [-0.1, -0.05) is 32.8 Å². The number of carbonyl (C=O) groups excluding carboxylic acids is 1. The van der Waals surface area contributed by atoms with Gasteiger partial charge in [0.15, 0.2) is 0 Å². The van der Waals surface area contributed by atoms with Gasteiger partial charge in [0.1, 0.15) is 6.61 Å². The molecule has 1 saturated carbocycles. The SMILES string of the molecule is C=CC(=O)OCCN(CCC)C1CCCCC1. The second kappa shape index (κ2) is 8.29. The van der Waals surface area contributed by atoms with Gasteiger partial charge in [-0.05, 0) is 25.8 Å². The lowest BCUT2D eigenvalue weighted by molar-refractivity contribution is -0.138. The Balaban J connectivity index is 2.31. The van der Waals surface area contributed by atoms with Gasteiger partial charge in [0.2, 0.25) is 0 Å². The highest BCUT2D eigenvalue weighted by Crippen LogP contribution is 2.22. The van der Waals surface area contributed by atoms with E-state index < -0.39 is 0 Å². The van der Waals surface area contributed by atoms with E-state index in [1.165, 1.54) is 38.2 Å². The predicted octanol–water partition coefficient (Wildman–Crippen LogP) is 2.76. The molecule has 98 valence electrons. The van der Waals surface area contributed by atoms with Crippen LogP contribution in [0.2, 0.25) is 0 Å². The summed E-state index contributed by atoms with van der Waals surface area (Å²) in [4.78, 5) is 13.5. The molecule has 0 unspecified atom stereocenters. The van der Waals surface area contributed by atoms with Gasteiger partial charge < -0.3 is 4.74 Å². The molecule has 3 nitrogen and oxygen atoms in total. The van der Waals surface area contributed by atoms with Crippen molar-refractivity contribution in [2.24, 2.45) is 0 Å². The smallest absolute Gasteiger partial charge is 0.330 e. The molecule has 0 amide bonds. The lowest BCUT2D eigenvalue weighted by Gasteiger charge is -2.33. The van der Waals surface area contributed by atoms with E-state index in [1.807, 2.05) is 0 Å². The third-order valence-corrected chi connectivity index (χ3v) is 3.39. The van der Waals surface area contributed by atoms with Crippen LogP contribution in [-0.4, -0.2) is 36.6 Å². The maximum atomic E-state index is 11.0. The van der Waals surface area contributed by atoms with Gasteiger partial charge >= 0.3 is 5.97 Å². The topological polar surface area (TPSA) is 29.5 Å². The number of rotatable bonds is 7. The van der Waals surface area contributed by atoms with Crippen molar-refractivity contribution in [3.63, 3.8) is 0 Å². The molecule has 0 spiro atoms. The molecule has 0 N–H and O–H groups in total. The molecule has 0 heterocycles. The van der Waals surface area contributed by atoms with Gasteiger partial charge in [-0.25, -0.2) is 4.79 Å². The van der Waals surface area contributed by atoms with Crippen LogP contribution in [0.15, 0.2) is 12.7 Å². The maximum absolute atomic E-state index is 11.0. The van der Waals surface area contributed by atoms with Gasteiger partial charge in [-0.2, -0.15) is 0 Å². The zero-order chi connectivity index (χ0) is 12.5. The minimum Gasteiger partial charge on any atom is -0.461 e. The van der Waals surface area contributed by atoms with Gasteiger partial charge in [-0.15, -0.1) is 0 Å². The molecule has 0 bridgehead atoms. The zero-order valence-electron chi connectivity index (χ0n) is 11.0. The highest BCUT2D eigenvalue weighted by atomic mass is 16.5. The van der Waals surface area contributed by atoms with Crippen LogP contribution in [0.3, 0.4) is 0 Å². The number of carbonyl (C=O) groups is 1. The predicted molar refractivity (Wildman–Crippen MR) is 69.9 cm³/mol. The first-order valence-electron chi connectivity index (χ1n) is 6.81. The van der Waals surface area contributed by atoms with Crippen LogP contribution in [-0.2, 0) is 9.53 Å². The summed E-state index contributed by atoms with van der Waals surface area (Å²) in [5.74, 6) is -0.315. The molecule has 3 heteroatoms. The lowest BCUT2D eigenvalue weighted by Crippen LogP contribution is -2.39. The number of esters is 1. The van der Waals surface area contributed by atoms with E-state index in [9.17, 15) is 4.79 Å². The van der Waals surface area contributed by atoms with E-state index in [0.29, 0.717) is 12.6 Å². The Labute approximate surface area is 105 Å². The zero-order valence-corrected chi connectivity index (χ0v) is 11.0. The van der Waals surface area contributed by atoms with E-state index >= 15 is 0 Å². The first kappa shape index (κ1) is 14.2. The summed E-state index contributed by atoms with van der Waals surface area (Å²) in [6, 6.07) is 0.700. The molecule has 0 saturated heterocycles. The molecule has 1 aliphatic carbocycles. The Morgan fingerprint density at radius 2 is 2.06 bits per heavy atom. The molecule has 0 radical (unpaired) electrons. The molecule has 17 heavy (non-hydrogen) atoms. The van der Waals surface area contributed by atoms with E-state index in [0.717, 1.165) is 19.5 Å². The molecule has 1 aliphatic rings. The number of hydrogen-bond donors (Lipinski definition) is 0. The summed E-state index contributed by atoms with van der Waals surface area (Å²) in [5, 5.41) is 0. The largest absolute Gasteiger partial charge is 0.461 e. The average Bonchev–Trinajstić information content (AvgIpc) is 2.38. The molecular weight excluding hydrogens is 214 g/mol. The number of nitrogens with zero attached hydrogens (tertiary/aromatic N) is 1. The summed E-state index contributed by atoms with van der Waals surface area (Å²) in [6.07, 6.45) is 9.05. The van der Waals surface area contributed by atoms with Crippen molar-refractivity contribution in [1.29, 1.82) is 0 Å². The summed E-state index contributed by atoms with van der Waals surface area (Å²) in [6.45, 7) is 8.05. The Kier molecular flexibility index (Phi) is 6.94. The number of hydrogen-bond acceptors (Lipinski definition) is 3. The van der Waals surface area contributed by atoms with Crippen molar-refractivity contribution in [3.8, 4) is 0 Å². The van der Waals surface area contributed by atoms with E-state index in [2.05, 4.69) is 18.4 Å². The Bertz CT molecular complexity index is 234. The summed E-state index contributed by atoms with van der Waals surface area (Å²) in [5.41, 5.74) is 0. The minimum absolute atomic E-state index is 0.315. The molecular formula is C14H25NO2. The quantitative estimate of drug-likeness (QED) is 0.505. The molecule has 1 fully saturated rings. The van der Waals surface area contributed by atoms with Crippen LogP contribution in [0.1, 0.15) is 45.4 Å². The fraction of sp³-hybridized carbons (Fsp3) is 0.786. The molecule has 0 aromatic rings. The van der Waals surface area contributed by atoms with Crippen LogP contribution in [0.25, 0.3) is 0 Å². The molecule has 0 aliphatic heterocycles. The highest BCUT2D eigenvalue weighted by molar-refractivity contribution is 5.81. The second-order valence-electron chi connectivity index (χ2n) is 4.70. The normalized spacial score (nSPS) is 17.1. The third-order valence-electron chi connectivity index (χ3n) is 3.39. The van der Waals surface area contributed by atoms with Gasteiger partial charge in [-0.3, -0.25) is 4.90 Å². The standard InChI is InChI=1S/C14H25NO2/c1-3-10-15(11-12-17-14(16)4-2)13-8-6-5-7-9-13/h4,13H,2-3,5-12H2,1H3. The van der Waals surface area contributed by atoms with Crippen LogP contribution in [0, 0.1) is 0 Å². The van der Waals surface area contributed by atoms with Crippen LogP contribution in [0.5, 0.6) is 0 Å². The first-order valence-corrected chi connectivity index (χ1v) is 6.81. The maximum Gasteiger partial charge on any atom is 0.330 e. The fourth-order valence-corrected chi connectivity index (χ4v) is 2.53. The molecule has 0 aromatic carbocycles. The number of ether oxygens (including phenoxy) is 1. The highest BCUT2D eigenvalue weighted by Gasteiger charge is 2.20. The first-order chi connectivity index (χ1) is 8.27. The summed E-state index contributed by atoms with van der Waals surface area (Å²) >= 11 is 0. The van der Waals surface area contributed by atoms with Crippen molar-refractivity contribution in [2.45, 2.75) is 51.5 Å². The Hall–Kier alpha value is -0.830. The third kappa shape index (κ3) is 5.35. The van der Waals surface area contributed by atoms with Crippen molar-refractivity contribution in [3.05, 3.63) is 12.7 Å². The van der Waals surface area contributed by atoms with Crippen LogP contribution < -0.4 is 0 Å². The lowest BCUT2D eigenvalue weighted by atomic mass is 9.94. The van der Waals surface area contributed by atoms with Crippen LogP contribution in [0.4, 0.5) is 0 Å². The average molecular weight is 239 g/mol. The van der Waals surface area contributed by atoms with E-state index in [4.69, 9.17) is 4.74 Å². The summed E-state index contributed by atoms with van der Waals surface area (Å²) in [7, 11) is 0. The molecule has 1 rings (SSSR count). The molecule has 0 atom stereocenters. The Morgan fingerprint density at radius 1 is 1.35 bits per heavy atom. The monoisotopic (exact) mass is 239 g/mol. The van der Waals surface area contributed by atoms with Gasteiger partial charge in [0.05, 0.1) is 0 Å². The van der Waals surface area contributed by atoms with Crippen molar-refractivity contribution in [1.82, 2.24) is 4.90 Å². The van der Waals surface area contributed by atoms with E-state index in [1.54, 1.807) is 0 Å². The van der Waals surface area contributed by atoms with Gasteiger partial charge in [0.25, 0.3) is 0 Å². The second-order valence-corrected chi connectivity index (χ2v) is 4.70. The minimum atomic E-state index is -0.315. The fourth-order valence-electron chi connectivity index (χ4n) is 2.53. The Morgan fingerprint density at radius 3 is 2.65 bits per heavy atom. The van der Waals surface area contributed by atoms with Crippen LogP contribution >= 0.6 is 0 Å². The van der Waals surface area contributed by atoms with Crippen molar-refractivity contribution >= 4 is 5.97 Å².